The minimum absolute atomic E-state index is 0.109. The number of carbonyl (C=O) groups is 1. The van der Waals surface area contributed by atoms with Gasteiger partial charge in [-0.2, -0.15) is 0 Å². The quantitative estimate of drug-likeness (QED) is 0.748. The number of nitrogens with one attached hydrogen (secondary N) is 1. The van der Waals surface area contributed by atoms with Crippen molar-refractivity contribution >= 4 is 28.3 Å². The van der Waals surface area contributed by atoms with Gasteiger partial charge in [0.05, 0.1) is 12.5 Å². The van der Waals surface area contributed by atoms with Gasteiger partial charge in [0.2, 0.25) is 5.91 Å². The molecule has 6 nitrogen and oxygen atoms in total. The Morgan fingerprint density at radius 1 is 1.19 bits per heavy atom. The maximum absolute atomic E-state index is 12.4. The fourth-order valence-electron chi connectivity index (χ4n) is 3.53. The minimum atomic E-state index is -0.109. The Morgan fingerprint density at radius 2 is 1.93 bits per heavy atom. The maximum Gasteiger partial charge on any atom is 0.230 e. The van der Waals surface area contributed by atoms with Crippen molar-refractivity contribution in [1.29, 1.82) is 0 Å². The second-order valence-electron chi connectivity index (χ2n) is 6.82. The Morgan fingerprint density at radius 3 is 2.67 bits per heavy atom. The van der Waals surface area contributed by atoms with Crippen molar-refractivity contribution in [2.45, 2.75) is 25.4 Å². The highest BCUT2D eigenvalue weighted by molar-refractivity contribution is 5.94. The molecular weight excluding hydrogens is 342 g/mol. The van der Waals surface area contributed by atoms with Crippen LogP contribution in [0.4, 0.5) is 11.4 Å². The molecule has 1 aromatic heterocycles. The van der Waals surface area contributed by atoms with Gasteiger partial charge in [-0.05, 0) is 49.2 Å². The van der Waals surface area contributed by atoms with Gasteiger partial charge in [0, 0.05) is 37.0 Å². The zero-order valence-electron chi connectivity index (χ0n) is 15.4. The van der Waals surface area contributed by atoms with Crippen LogP contribution in [-0.2, 0) is 16.0 Å². The number of amides is 1. The van der Waals surface area contributed by atoms with E-state index in [0.29, 0.717) is 17.4 Å². The molecule has 0 unspecified atom stereocenters. The number of ether oxygens (including phenoxy) is 1. The lowest BCUT2D eigenvalue weighted by Gasteiger charge is -2.33. The average molecular weight is 365 g/mol. The molecule has 1 fully saturated rings. The Hall–Kier alpha value is -2.86. The third kappa shape index (κ3) is 3.95. The van der Waals surface area contributed by atoms with Gasteiger partial charge in [0.25, 0.3) is 0 Å². The molecule has 0 saturated carbocycles. The molecule has 0 radical (unpaired) electrons. The smallest absolute Gasteiger partial charge is 0.230 e. The molecule has 1 N–H and O–H groups in total. The van der Waals surface area contributed by atoms with E-state index < -0.39 is 0 Å². The number of benzene rings is 2. The van der Waals surface area contributed by atoms with Crippen LogP contribution in [0.25, 0.3) is 11.0 Å². The summed E-state index contributed by atoms with van der Waals surface area (Å²) in [5, 5.41) is 7.82. The number of anilines is 2. The number of piperidine rings is 1. The fraction of sp³-hybridized carbons (Fsp3) is 0.333. The number of methoxy groups -OCH3 is 1. The number of fused-ring (bicyclic) bond motifs is 1. The highest BCUT2D eigenvalue weighted by atomic mass is 16.5. The van der Waals surface area contributed by atoms with E-state index in [4.69, 9.17) is 9.26 Å². The second kappa shape index (κ2) is 7.80. The van der Waals surface area contributed by atoms with E-state index in [9.17, 15) is 4.79 Å². The van der Waals surface area contributed by atoms with Crippen LogP contribution < -0.4 is 10.2 Å². The number of carbonyl (C=O) groups excluding carboxylic acids is 1. The normalized spacial score (nSPS) is 15.2. The Balaban J connectivity index is 1.36. The van der Waals surface area contributed by atoms with Crippen LogP contribution in [0.3, 0.4) is 0 Å². The van der Waals surface area contributed by atoms with Gasteiger partial charge in [0.15, 0.2) is 5.58 Å². The molecule has 27 heavy (non-hydrogen) atoms. The van der Waals surface area contributed by atoms with E-state index in [-0.39, 0.29) is 12.3 Å². The number of nitrogens with zero attached hydrogens (tertiary/aromatic N) is 2. The molecule has 3 aromatic rings. The van der Waals surface area contributed by atoms with Gasteiger partial charge in [-0.1, -0.05) is 17.3 Å². The van der Waals surface area contributed by atoms with Gasteiger partial charge < -0.3 is 19.5 Å². The predicted octanol–water partition coefficient (Wildman–Crippen LogP) is 3.62. The number of hydrogen-bond acceptors (Lipinski definition) is 5. The van der Waals surface area contributed by atoms with Crippen molar-refractivity contribution in [3.63, 3.8) is 0 Å². The van der Waals surface area contributed by atoms with Crippen LogP contribution in [0.1, 0.15) is 18.5 Å². The lowest BCUT2D eigenvalue weighted by molar-refractivity contribution is -0.115. The van der Waals surface area contributed by atoms with Crippen molar-refractivity contribution in [3.8, 4) is 0 Å². The molecule has 6 heteroatoms. The van der Waals surface area contributed by atoms with Crippen molar-refractivity contribution in [3.05, 3.63) is 54.2 Å². The van der Waals surface area contributed by atoms with Gasteiger partial charge in [-0.3, -0.25) is 4.79 Å². The molecule has 4 rings (SSSR count). The first kappa shape index (κ1) is 17.5. The van der Waals surface area contributed by atoms with Gasteiger partial charge in [-0.15, -0.1) is 0 Å². The summed E-state index contributed by atoms with van der Waals surface area (Å²) in [6, 6.07) is 15.5. The highest BCUT2D eigenvalue weighted by Crippen LogP contribution is 2.23. The monoisotopic (exact) mass is 365 g/mol. The van der Waals surface area contributed by atoms with Crippen molar-refractivity contribution < 1.29 is 14.1 Å². The zero-order valence-corrected chi connectivity index (χ0v) is 15.4. The first-order valence-electron chi connectivity index (χ1n) is 9.24. The van der Waals surface area contributed by atoms with Crippen molar-refractivity contribution in [2.75, 3.05) is 30.4 Å². The van der Waals surface area contributed by atoms with E-state index >= 15 is 0 Å². The summed E-state index contributed by atoms with van der Waals surface area (Å²) in [6.07, 6.45) is 2.64. The number of hydrogen-bond donors (Lipinski definition) is 1. The largest absolute Gasteiger partial charge is 0.381 e. The minimum Gasteiger partial charge on any atom is -0.381 e. The fourth-order valence-corrected chi connectivity index (χ4v) is 3.53. The molecule has 1 saturated heterocycles. The molecule has 140 valence electrons. The number of rotatable bonds is 5. The standard InChI is InChI=1S/C21H23N3O3/c1-26-17-10-12-24(13-11-17)16-8-6-15(7-9-16)22-21(25)14-19-18-4-2-3-5-20(18)27-23-19/h2-9,17H,10-14H2,1H3,(H,22,25). The SMILES string of the molecule is COC1CCN(c2ccc(NC(=O)Cc3noc4ccccc34)cc2)CC1. The second-order valence-corrected chi connectivity index (χ2v) is 6.82. The summed E-state index contributed by atoms with van der Waals surface area (Å²) in [7, 11) is 1.78. The van der Waals surface area contributed by atoms with Crippen LogP contribution in [0.2, 0.25) is 0 Å². The van der Waals surface area contributed by atoms with Crippen LogP contribution in [0.5, 0.6) is 0 Å². The van der Waals surface area contributed by atoms with Gasteiger partial charge in [0.1, 0.15) is 5.69 Å². The Kier molecular flexibility index (Phi) is 5.07. The third-order valence-electron chi connectivity index (χ3n) is 5.07. The number of aromatic nitrogens is 1. The lowest BCUT2D eigenvalue weighted by atomic mass is 10.1. The Labute approximate surface area is 158 Å². The molecule has 1 aliphatic rings. The zero-order chi connectivity index (χ0) is 18.6. The lowest BCUT2D eigenvalue weighted by Crippen LogP contribution is -2.36. The Bertz CT molecular complexity index is 912. The first-order chi connectivity index (χ1) is 13.2. The van der Waals surface area contributed by atoms with Gasteiger partial charge in [-0.25, -0.2) is 0 Å². The molecule has 1 aliphatic heterocycles. The van der Waals surface area contributed by atoms with Gasteiger partial charge >= 0.3 is 0 Å². The number of para-hydroxylation sites is 1. The van der Waals surface area contributed by atoms with Crippen molar-refractivity contribution in [1.82, 2.24) is 5.16 Å². The summed E-state index contributed by atoms with van der Waals surface area (Å²) >= 11 is 0. The van der Waals surface area contributed by atoms with E-state index in [1.54, 1.807) is 7.11 Å². The van der Waals surface area contributed by atoms with E-state index in [1.807, 2.05) is 48.5 Å². The van der Waals surface area contributed by atoms with Crippen LogP contribution in [-0.4, -0.2) is 37.4 Å². The van der Waals surface area contributed by atoms with E-state index in [2.05, 4.69) is 15.4 Å². The summed E-state index contributed by atoms with van der Waals surface area (Å²) in [6.45, 7) is 1.98. The van der Waals surface area contributed by atoms with Crippen LogP contribution in [0, 0.1) is 0 Å². The molecule has 1 amide bonds. The molecule has 0 bridgehead atoms. The molecule has 2 aromatic carbocycles. The van der Waals surface area contributed by atoms with E-state index in [0.717, 1.165) is 37.0 Å². The topological polar surface area (TPSA) is 67.6 Å². The van der Waals surface area contributed by atoms with Crippen molar-refractivity contribution in [2.24, 2.45) is 0 Å². The van der Waals surface area contributed by atoms with Crippen LogP contribution >= 0.6 is 0 Å². The highest BCUT2D eigenvalue weighted by Gasteiger charge is 2.19. The summed E-state index contributed by atoms with van der Waals surface area (Å²) < 4.78 is 10.7. The summed E-state index contributed by atoms with van der Waals surface area (Å²) in [4.78, 5) is 14.7. The summed E-state index contributed by atoms with van der Waals surface area (Å²) in [5.41, 5.74) is 3.30. The van der Waals surface area contributed by atoms with Crippen LogP contribution in [0.15, 0.2) is 53.1 Å². The first-order valence-corrected chi connectivity index (χ1v) is 9.24. The predicted molar refractivity (Wildman–Crippen MR) is 105 cm³/mol. The summed E-state index contributed by atoms with van der Waals surface area (Å²) in [5.74, 6) is -0.109. The molecule has 0 aliphatic carbocycles. The molecule has 2 heterocycles. The average Bonchev–Trinajstić information content (AvgIpc) is 3.11. The molecule has 0 spiro atoms. The maximum atomic E-state index is 12.4. The molecular formula is C21H23N3O3. The third-order valence-corrected chi connectivity index (χ3v) is 5.07. The van der Waals surface area contributed by atoms with E-state index in [1.165, 1.54) is 5.69 Å². The molecule has 0 atom stereocenters.